The minimum absolute atomic E-state index is 0.248. The minimum Gasteiger partial charge on any atom is -0.497 e. The molecule has 0 unspecified atom stereocenters. The second kappa shape index (κ2) is 8.50. The Kier molecular flexibility index (Phi) is 6.68. The fourth-order valence-corrected chi connectivity index (χ4v) is 1.47. The fourth-order valence-electron chi connectivity index (χ4n) is 1.47. The first-order valence-electron chi connectivity index (χ1n) is 6.41. The average Bonchev–Trinajstić information content (AvgIpc) is 2.50. The summed E-state index contributed by atoms with van der Waals surface area (Å²) in [7, 11) is 2.89. The molecule has 0 radical (unpaired) electrons. The number of hydrogen-bond donors (Lipinski definition) is 2. The van der Waals surface area contributed by atoms with Crippen molar-refractivity contribution in [2.45, 2.75) is 0 Å². The second-order valence-electron chi connectivity index (χ2n) is 4.38. The van der Waals surface area contributed by atoms with Crippen LogP contribution in [-0.2, 0) is 14.4 Å². The molecule has 1 rings (SSSR count). The highest BCUT2D eigenvalue weighted by Crippen LogP contribution is 2.16. The van der Waals surface area contributed by atoms with Crippen molar-refractivity contribution in [2.75, 3.05) is 33.9 Å². The zero-order valence-corrected chi connectivity index (χ0v) is 12.4. The molecule has 0 bridgehead atoms. The molecule has 1 aromatic carbocycles. The Morgan fingerprint density at radius 2 is 1.77 bits per heavy atom. The molecule has 0 heterocycles. The number of likely N-dealkylation sites (N-methyl/N-ethyl adjacent to an activating group) is 1. The van der Waals surface area contributed by atoms with E-state index in [2.05, 4.69) is 5.32 Å². The first-order valence-corrected chi connectivity index (χ1v) is 6.41. The molecule has 8 nitrogen and oxygen atoms in total. The number of carboxylic acids is 1. The lowest BCUT2D eigenvalue weighted by Gasteiger charge is -2.14. The molecule has 2 amide bonds. The zero-order valence-electron chi connectivity index (χ0n) is 12.4. The third-order valence-corrected chi connectivity index (χ3v) is 2.66. The highest BCUT2D eigenvalue weighted by atomic mass is 16.5. The van der Waals surface area contributed by atoms with Gasteiger partial charge < -0.3 is 24.8 Å². The van der Waals surface area contributed by atoms with Gasteiger partial charge in [0.25, 0.3) is 5.91 Å². The van der Waals surface area contributed by atoms with Crippen molar-refractivity contribution in [1.29, 1.82) is 0 Å². The van der Waals surface area contributed by atoms with Crippen LogP contribution in [0.4, 0.5) is 0 Å². The Balaban J connectivity index is 2.30. The molecule has 120 valence electrons. The van der Waals surface area contributed by atoms with Crippen molar-refractivity contribution in [3.8, 4) is 11.5 Å². The first-order chi connectivity index (χ1) is 10.4. The van der Waals surface area contributed by atoms with Gasteiger partial charge in [0.2, 0.25) is 5.91 Å². The summed E-state index contributed by atoms with van der Waals surface area (Å²) in [5.41, 5.74) is 0. The highest BCUT2D eigenvalue weighted by molar-refractivity contribution is 5.87. The van der Waals surface area contributed by atoms with E-state index in [-0.39, 0.29) is 13.2 Å². The number of nitrogens with one attached hydrogen (secondary N) is 1. The number of methoxy groups -OCH3 is 1. The summed E-state index contributed by atoms with van der Waals surface area (Å²) in [5, 5.41) is 10.9. The smallest absolute Gasteiger partial charge is 0.323 e. The Bertz CT molecular complexity index is 529. The summed E-state index contributed by atoms with van der Waals surface area (Å²) in [4.78, 5) is 34.5. The van der Waals surface area contributed by atoms with Gasteiger partial charge in [0.1, 0.15) is 18.0 Å². The fraction of sp³-hybridized carbons (Fsp3) is 0.357. The van der Waals surface area contributed by atoms with Crippen LogP contribution in [0, 0.1) is 0 Å². The lowest BCUT2D eigenvalue weighted by atomic mass is 10.3. The van der Waals surface area contributed by atoms with Gasteiger partial charge in [-0.3, -0.25) is 14.4 Å². The number of nitrogens with zero attached hydrogens (tertiary/aromatic N) is 1. The molecule has 0 aliphatic rings. The Labute approximate surface area is 127 Å². The molecule has 1 aromatic rings. The van der Waals surface area contributed by atoms with E-state index in [9.17, 15) is 14.4 Å². The van der Waals surface area contributed by atoms with Gasteiger partial charge in [-0.1, -0.05) is 0 Å². The molecule has 2 N–H and O–H groups in total. The topological polar surface area (TPSA) is 105 Å². The Morgan fingerprint density at radius 1 is 1.18 bits per heavy atom. The molecule has 0 aliphatic carbocycles. The predicted molar refractivity (Wildman–Crippen MR) is 76.8 cm³/mol. The maximum absolute atomic E-state index is 11.5. The van der Waals surface area contributed by atoms with Gasteiger partial charge in [0, 0.05) is 7.05 Å². The SMILES string of the molecule is COc1ccc(OCC(=O)NCC(=O)N(C)CC(=O)O)cc1. The monoisotopic (exact) mass is 310 g/mol. The molecular weight excluding hydrogens is 292 g/mol. The van der Waals surface area contributed by atoms with Crippen molar-refractivity contribution in [3.63, 3.8) is 0 Å². The van der Waals surface area contributed by atoms with Gasteiger partial charge in [-0.15, -0.1) is 0 Å². The van der Waals surface area contributed by atoms with Crippen LogP contribution in [0.15, 0.2) is 24.3 Å². The Morgan fingerprint density at radius 3 is 2.32 bits per heavy atom. The quantitative estimate of drug-likeness (QED) is 0.685. The third kappa shape index (κ3) is 6.12. The summed E-state index contributed by atoms with van der Waals surface area (Å²) in [6.07, 6.45) is 0. The number of rotatable bonds is 8. The summed E-state index contributed by atoms with van der Waals surface area (Å²) < 4.78 is 10.2. The van der Waals surface area contributed by atoms with Gasteiger partial charge in [-0.25, -0.2) is 0 Å². The molecule has 0 spiro atoms. The molecular formula is C14H18N2O6. The van der Waals surface area contributed by atoms with Crippen LogP contribution in [0.25, 0.3) is 0 Å². The molecule has 0 saturated carbocycles. The van der Waals surface area contributed by atoms with Crippen LogP contribution in [0.5, 0.6) is 11.5 Å². The normalized spacial score (nSPS) is 9.73. The van der Waals surface area contributed by atoms with Crippen molar-refractivity contribution in [1.82, 2.24) is 10.2 Å². The number of hydrogen-bond acceptors (Lipinski definition) is 5. The van der Waals surface area contributed by atoms with E-state index in [1.165, 1.54) is 7.05 Å². The summed E-state index contributed by atoms with van der Waals surface area (Å²) in [6.45, 7) is -0.951. The molecule has 22 heavy (non-hydrogen) atoms. The van der Waals surface area contributed by atoms with E-state index >= 15 is 0 Å². The van der Waals surface area contributed by atoms with E-state index < -0.39 is 24.3 Å². The van der Waals surface area contributed by atoms with Crippen LogP contribution in [0.2, 0.25) is 0 Å². The van der Waals surface area contributed by atoms with Gasteiger partial charge in [0.15, 0.2) is 6.61 Å². The summed E-state index contributed by atoms with van der Waals surface area (Å²) >= 11 is 0. The van der Waals surface area contributed by atoms with E-state index in [0.717, 1.165) is 4.90 Å². The average molecular weight is 310 g/mol. The lowest BCUT2D eigenvalue weighted by molar-refractivity contribution is -0.143. The second-order valence-corrected chi connectivity index (χ2v) is 4.38. The van der Waals surface area contributed by atoms with Crippen molar-refractivity contribution in [3.05, 3.63) is 24.3 Å². The number of aliphatic carboxylic acids is 1. The summed E-state index contributed by atoms with van der Waals surface area (Å²) in [5.74, 6) is -0.938. The molecule has 0 aliphatic heterocycles. The van der Waals surface area contributed by atoms with Gasteiger partial charge in [-0.05, 0) is 24.3 Å². The van der Waals surface area contributed by atoms with E-state index in [1.807, 2.05) is 0 Å². The number of ether oxygens (including phenoxy) is 2. The lowest BCUT2D eigenvalue weighted by Crippen LogP contribution is -2.41. The minimum atomic E-state index is -1.12. The van der Waals surface area contributed by atoms with Gasteiger partial charge >= 0.3 is 5.97 Å². The number of carbonyl (C=O) groups excluding carboxylic acids is 2. The van der Waals surface area contributed by atoms with Crippen LogP contribution < -0.4 is 14.8 Å². The van der Waals surface area contributed by atoms with E-state index in [4.69, 9.17) is 14.6 Å². The van der Waals surface area contributed by atoms with Crippen molar-refractivity contribution in [2.24, 2.45) is 0 Å². The molecule has 0 saturated heterocycles. The summed E-state index contributed by atoms with van der Waals surface area (Å²) in [6, 6.07) is 6.69. The van der Waals surface area contributed by atoms with Gasteiger partial charge in [0.05, 0.1) is 13.7 Å². The highest BCUT2D eigenvalue weighted by Gasteiger charge is 2.13. The number of benzene rings is 1. The van der Waals surface area contributed by atoms with Crippen molar-refractivity contribution < 1.29 is 29.0 Å². The first kappa shape index (κ1) is 17.3. The van der Waals surface area contributed by atoms with E-state index in [0.29, 0.717) is 11.5 Å². The number of amides is 2. The third-order valence-electron chi connectivity index (χ3n) is 2.66. The molecule has 8 heteroatoms. The maximum Gasteiger partial charge on any atom is 0.323 e. The molecule has 0 fully saturated rings. The largest absolute Gasteiger partial charge is 0.497 e. The van der Waals surface area contributed by atoms with Crippen LogP contribution >= 0.6 is 0 Å². The maximum atomic E-state index is 11.5. The standard InChI is InChI=1S/C14H18N2O6/c1-16(8-14(19)20)13(18)7-15-12(17)9-22-11-5-3-10(21-2)4-6-11/h3-6H,7-9H2,1-2H3,(H,15,17)(H,19,20). The van der Waals surface area contributed by atoms with Crippen molar-refractivity contribution >= 4 is 17.8 Å². The van der Waals surface area contributed by atoms with Crippen LogP contribution in [0.1, 0.15) is 0 Å². The Hall–Kier alpha value is -2.77. The van der Waals surface area contributed by atoms with Crippen LogP contribution in [-0.4, -0.2) is 61.6 Å². The predicted octanol–water partition coefficient (Wildman–Crippen LogP) is -0.267. The molecule has 0 atom stereocenters. The van der Waals surface area contributed by atoms with Crippen LogP contribution in [0.3, 0.4) is 0 Å². The molecule has 0 aromatic heterocycles. The van der Waals surface area contributed by atoms with Gasteiger partial charge in [-0.2, -0.15) is 0 Å². The number of carboxylic acid groups (broad SMARTS) is 1. The van der Waals surface area contributed by atoms with E-state index in [1.54, 1.807) is 31.4 Å². The number of carbonyl (C=O) groups is 3. The zero-order chi connectivity index (χ0) is 16.5.